The van der Waals surface area contributed by atoms with Crippen molar-refractivity contribution in [1.82, 2.24) is 9.88 Å². The maximum atomic E-state index is 13.6. The number of halogens is 1. The molecule has 2 aromatic rings. The van der Waals surface area contributed by atoms with Crippen LogP contribution in [0.4, 0.5) is 15.9 Å². The van der Waals surface area contributed by atoms with Crippen molar-refractivity contribution >= 4 is 28.6 Å². The molecule has 0 unspecified atom stereocenters. The first-order valence-corrected chi connectivity index (χ1v) is 11.2. The number of amides is 1. The third kappa shape index (κ3) is 4.00. The lowest BCUT2D eigenvalue weighted by molar-refractivity contribution is -0.111. The minimum atomic E-state index is -0.649. The molecule has 1 amide bonds. The number of hydrogen-bond donors (Lipinski definition) is 2. The molecule has 5 rings (SSSR count). The number of aliphatic hydroxyl groups excluding tert-OH is 1. The molecule has 172 valence electrons. The minimum absolute atomic E-state index is 0.173. The number of fused-ring (bicyclic) bond motifs is 1. The summed E-state index contributed by atoms with van der Waals surface area (Å²) in [6, 6.07) is 8.28. The van der Waals surface area contributed by atoms with Crippen LogP contribution in [0.2, 0.25) is 0 Å². The van der Waals surface area contributed by atoms with E-state index in [9.17, 15) is 9.18 Å². The van der Waals surface area contributed by atoms with Crippen LogP contribution in [0.25, 0.3) is 11.1 Å². The second-order valence-electron chi connectivity index (χ2n) is 9.01. The fraction of sp³-hybridized carbons (Fsp3) is 0.360. The largest absolute Gasteiger partial charge is 0.482 e. The summed E-state index contributed by atoms with van der Waals surface area (Å²) in [7, 11) is 0. The fourth-order valence-electron chi connectivity index (χ4n) is 4.71. The average molecular weight is 451 g/mol. The summed E-state index contributed by atoms with van der Waals surface area (Å²) in [6.45, 7) is 8.27. The number of carbonyl (C=O) groups excluding carboxylic acids is 1. The highest BCUT2D eigenvalue weighted by Gasteiger charge is 2.38. The van der Waals surface area contributed by atoms with Gasteiger partial charge in [-0.15, -0.1) is 0 Å². The summed E-state index contributed by atoms with van der Waals surface area (Å²) in [6.07, 6.45) is 3.71. The molecule has 0 atom stereocenters. The van der Waals surface area contributed by atoms with Crippen molar-refractivity contribution < 1.29 is 19.0 Å². The lowest BCUT2D eigenvalue weighted by Gasteiger charge is -2.35. The number of nitrogens with one attached hydrogen (secondary N) is 1. The number of piperazine rings is 1. The molecule has 2 N–H and O–H groups in total. The van der Waals surface area contributed by atoms with Crippen LogP contribution >= 0.6 is 0 Å². The maximum absolute atomic E-state index is 13.6. The second kappa shape index (κ2) is 8.28. The van der Waals surface area contributed by atoms with E-state index in [-0.39, 0.29) is 12.5 Å². The van der Waals surface area contributed by atoms with E-state index in [1.807, 2.05) is 26.0 Å². The molecule has 33 heavy (non-hydrogen) atoms. The standard InChI is InChI=1S/C25H27FN4O3/c1-25(2)19(15-21(33-25)23-18-4-3-17(26)14-20(18)28-24(23)32)16-5-6-27-22(13-16)30-9-7-29(8-10-30)11-12-31/h3-6,13-15,31H,7-12H2,1-2H3,(H,28,32)/b23-21+. The van der Waals surface area contributed by atoms with Gasteiger partial charge in [-0.3, -0.25) is 9.69 Å². The highest BCUT2D eigenvalue weighted by atomic mass is 19.1. The number of aliphatic hydroxyl groups is 1. The maximum Gasteiger partial charge on any atom is 0.260 e. The number of benzene rings is 1. The van der Waals surface area contributed by atoms with Gasteiger partial charge in [0.05, 0.1) is 17.9 Å². The number of allylic oxidation sites excluding steroid dienone is 1. The Hall–Kier alpha value is -3.23. The first-order chi connectivity index (χ1) is 15.9. The van der Waals surface area contributed by atoms with Gasteiger partial charge in [0, 0.05) is 50.1 Å². The van der Waals surface area contributed by atoms with Crippen molar-refractivity contribution in [2.45, 2.75) is 19.4 Å². The van der Waals surface area contributed by atoms with E-state index in [2.05, 4.69) is 26.2 Å². The number of pyridine rings is 1. The number of anilines is 2. The average Bonchev–Trinajstić information content (AvgIpc) is 3.28. The van der Waals surface area contributed by atoms with Crippen molar-refractivity contribution in [3.05, 3.63) is 65.3 Å². The Labute approximate surface area is 192 Å². The quantitative estimate of drug-likeness (QED) is 0.698. The second-order valence-corrected chi connectivity index (χ2v) is 9.01. The molecule has 1 aromatic carbocycles. The Balaban J connectivity index is 1.47. The van der Waals surface area contributed by atoms with Gasteiger partial charge in [0.2, 0.25) is 0 Å². The minimum Gasteiger partial charge on any atom is -0.482 e. The number of hydrogen-bond acceptors (Lipinski definition) is 6. The van der Waals surface area contributed by atoms with Crippen LogP contribution in [-0.2, 0) is 9.53 Å². The highest BCUT2D eigenvalue weighted by Crippen LogP contribution is 2.44. The summed E-state index contributed by atoms with van der Waals surface area (Å²) in [5, 5.41) is 11.9. The smallest absolute Gasteiger partial charge is 0.260 e. The van der Waals surface area contributed by atoms with E-state index in [0.29, 0.717) is 29.1 Å². The van der Waals surface area contributed by atoms with Crippen LogP contribution in [0.5, 0.6) is 0 Å². The first kappa shape index (κ1) is 21.6. The summed E-state index contributed by atoms with van der Waals surface area (Å²) in [4.78, 5) is 21.7. The normalized spacial score (nSPS) is 22.1. The lowest BCUT2D eigenvalue weighted by atomic mass is 9.92. The molecule has 1 fully saturated rings. The molecular formula is C25H27FN4O3. The first-order valence-electron chi connectivity index (χ1n) is 11.2. The van der Waals surface area contributed by atoms with Gasteiger partial charge >= 0.3 is 0 Å². The topological polar surface area (TPSA) is 77.9 Å². The monoisotopic (exact) mass is 450 g/mol. The number of ether oxygens (including phenoxy) is 1. The number of nitrogens with zero attached hydrogens (tertiary/aromatic N) is 3. The molecule has 8 heteroatoms. The fourth-order valence-corrected chi connectivity index (χ4v) is 4.71. The van der Waals surface area contributed by atoms with E-state index >= 15 is 0 Å². The molecule has 1 saturated heterocycles. The molecule has 7 nitrogen and oxygen atoms in total. The Morgan fingerprint density at radius 2 is 1.97 bits per heavy atom. The van der Waals surface area contributed by atoms with Crippen LogP contribution in [0.1, 0.15) is 25.0 Å². The molecule has 0 bridgehead atoms. The van der Waals surface area contributed by atoms with Crippen molar-refractivity contribution in [1.29, 1.82) is 0 Å². The van der Waals surface area contributed by atoms with Crippen LogP contribution in [-0.4, -0.2) is 65.8 Å². The SMILES string of the molecule is CC1(C)O/C(=C2/C(=O)Nc3cc(F)ccc32)C=C1c1ccnc(N2CCN(CCO)CC2)c1. The molecule has 0 radical (unpaired) electrons. The van der Waals surface area contributed by atoms with Gasteiger partial charge < -0.3 is 20.1 Å². The number of rotatable bonds is 4. The molecule has 3 aliphatic rings. The summed E-state index contributed by atoms with van der Waals surface area (Å²) in [5.41, 5.74) is 2.80. The van der Waals surface area contributed by atoms with Gasteiger partial charge in [-0.25, -0.2) is 9.37 Å². The van der Waals surface area contributed by atoms with Crippen LogP contribution in [0, 0.1) is 5.82 Å². The number of β-amino-alcohol motifs (C(OH)–C–C–N with tert-alkyl or cyclic N) is 1. The zero-order chi connectivity index (χ0) is 23.2. The summed E-state index contributed by atoms with van der Waals surface area (Å²) >= 11 is 0. The zero-order valence-corrected chi connectivity index (χ0v) is 18.8. The van der Waals surface area contributed by atoms with Gasteiger partial charge in [0.1, 0.15) is 23.0 Å². The molecule has 4 heterocycles. The molecule has 1 aromatic heterocycles. The Bertz CT molecular complexity index is 1170. The Morgan fingerprint density at radius 3 is 2.73 bits per heavy atom. The molecule has 3 aliphatic heterocycles. The van der Waals surface area contributed by atoms with Gasteiger partial charge in [0.15, 0.2) is 0 Å². The van der Waals surface area contributed by atoms with E-state index in [0.717, 1.165) is 43.1 Å². The van der Waals surface area contributed by atoms with Gasteiger partial charge in [0.25, 0.3) is 5.91 Å². The lowest BCUT2D eigenvalue weighted by Crippen LogP contribution is -2.47. The summed E-state index contributed by atoms with van der Waals surface area (Å²) in [5.74, 6) is 0.683. The van der Waals surface area contributed by atoms with E-state index in [1.165, 1.54) is 12.1 Å². The predicted octanol–water partition coefficient (Wildman–Crippen LogP) is 2.89. The van der Waals surface area contributed by atoms with E-state index in [1.54, 1.807) is 12.3 Å². The van der Waals surface area contributed by atoms with Crippen molar-refractivity contribution in [2.24, 2.45) is 0 Å². The van der Waals surface area contributed by atoms with Crippen LogP contribution in [0.3, 0.4) is 0 Å². The van der Waals surface area contributed by atoms with Crippen LogP contribution < -0.4 is 10.2 Å². The summed E-state index contributed by atoms with van der Waals surface area (Å²) < 4.78 is 19.9. The zero-order valence-electron chi connectivity index (χ0n) is 18.8. The Morgan fingerprint density at radius 1 is 1.18 bits per heavy atom. The Kier molecular flexibility index (Phi) is 5.42. The van der Waals surface area contributed by atoms with E-state index < -0.39 is 11.4 Å². The predicted molar refractivity (Wildman–Crippen MR) is 125 cm³/mol. The third-order valence-electron chi connectivity index (χ3n) is 6.43. The highest BCUT2D eigenvalue weighted by molar-refractivity contribution is 6.32. The van der Waals surface area contributed by atoms with Gasteiger partial charge in [-0.05, 0) is 55.8 Å². The number of carbonyl (C=O) groups is 1. The van der Waals surface area contributed by atoms with Crippen molar-refractivity contribution in [2.75, 3.05) is 49.5 Å². The third-order valence-corrected chi connectivity index (χ3v) is 6.43. The molecule has 0 spiro atoms. The van der Waals surface area contributed by atoms with E-state index in [4.69, 9.17) is 9.84 Å². The van der Waals surface area contributed by atoms with Gasteiger partial charge in [-0.1, -0.05) is 0 Å². The molecular weight excluding hydrogens is 423 g/mol. The number of aromatic nitrogens is 1. The van der Waals surface area contributed by atoms with Crippen molar-refractivity contribution in [3.8, 4) is 0 Å². The van der Waals surface area contributed by atoms with Gasteiger partial charge in [-0.2, -0.15) is 0 Å². The molecule has 0 saturated carbocycles. The van der Waals surface area contributed by atoms with Crippen molar-refractivity contribution in [3.63, 3.8) is 0 Å². The molecule has 0 aliphatic carbocycles. The van der Waals surface area contributed by atoms with Crippen LogP contribution in [0.15, 0.2) is 48.4 Å².